The fourth-order valence-corrected chi connectivity index (χ4v) is 2.63. The summed E-state index contributed by atoms with van der Waals surface area (Å²) in [7, 11) is 0. The predicted octanol–water partition coefficient (Wildman–Crippen LogP) is 0.904. The van der Waals surface area contributed by atoms with Crippen LogP contribution in [-0.4, -0.2) is 42.1 Å². The molecular formula is C17H21N3O5. The first kappa shape index (κ1) is 18.3. The number of aromatic amines is 1. The highest BCUT2D eigenvalue weighted by Crippen LogP contribution is 2.26. The van der Waals surface area contributed by atoms with Crippen molar-refractivity contribution in [2.45, 2.75) is 25.8 Å². The average molecular weight is 347 g/mol. The van der Waals surface area contributed by atoms with E-state index in [1.165, 1.54) is 0 Å². The van der Waals surface area contributed by atoms with Gasteiger partial charge >= 0.3 is 11.9 Å². The number of esters is 2. The SMILES string of the molecule is CCOC(=O)C(Cc1c[nH]c2ccc(N)cc12)(NC=O)C(=O)OCC. The van der Waals surface area contributed by atoms with Gasteiger partial charge in [-0.15, -0.1) is 0 Å². The Bertz CT molecular complexity index is 766. The van der Waals surface area contributed by atoms with Gasteiger partial charge in [0.25, 0.3) is 0 Å². The van der Waals surface area contributed by atoms with E-state index in [1.807, 2.05) is 0 Å². The molecule has 134 valence electrons. The summed E-state index contributed by atoms with van der Waals surface area (Å²) in [5, 5.41) is 3.05. The summed E-state index contributed by atoms with van der Waals surface area (Å²) in [5.41, 5.74) is 5.80. The van der Waals surface area contributed by atoms with Crippen molar-refractivity contribution in [3.05, 3.63) is 30.0 Å². The van der Waals surface area contributed by atoms with Gasteiger partial charge in [0.2, 0.25) is 11.9 Å². The molecule has 8 heteroatoms. The molecule has 0 atom stereocenters. The maximum Gasteiger partial charge on any atom is 0.344 e. The van der Waals surface area contributed by atoms with E-state index >= 15 is 0 Å². The van der Waals surface area contributed by atoms with Crippen LogP contribution in [0, 0.1) is 0 Å². The van der Waals surface area contributed by atoms with E-state index in [1.54, 1.807) is 38.2 Å². The molecule has 0 aliphatic rings. The zero-order valence-electron chi connectivity index (χ0n) is 14.1. The number of ether oxygens (including phenoxy) is 2. The van der Waals surface area contributed by atoms with Gasteiger partial charge in [0.1, 0.15) is 0 Å². The summed E-state index contributed by atoms with van der Waals surface area (Å²) >= 11 is 0. The van der Waals surface area contributed by atoms with E-state index < -0.39 is 17.5 Å². The van der Waals surface area contributed by atoms with Crippen molar-refractivity contribution >= 4 is 34.9 Å². The molecule has 0 bridgehead atoms. The summed E-state index contributed by atoms with van der Waals surface area (Å²) < 4.78 is 10.0. The average Bonchev–Trinajstić information content (AvgIpc) is 2.96. The third kappa shape index (κ3) is 3.57. The summed E-state index contributed by atoms with van der Waals surface area (Å²) in [6.45, 7) is 3.34. The number of carbonyl (C=O) groups is 3. The second kappa shape index (κ2) is 7.69. The fourth-order valence-electron chi connectivity index (χ4n) is 2.63. The van der Waals surface area contributed by atoms with Crippen LogP contribution in [-0.2, 0) is 30.3 Å². The van der Waals surface area contributed by atoms with Crippen LogP contribution in [0.5, 0.6) is 0 Å². The lowest BCUT2D eigenvalue weighted by atomic mass is 9.90. The van der Waals surface area contributed by atoms with E-state index in [4.69, 9.17) is 15.2 Å². The van der Waals surface area contributed by atoms with Crippen LogP contribution in [0.15, 0.2) is 24.4 Å². The molecule has 0 unspecified atom stereocenters. The van der Waals surface area contributed by atoms with E-state index in [9.17, 15) is 14.4 Å². The molecule has 0 radical (unpaired) electrons. The normalized spacial score (nSPS) is 11.1. The number of anilines is 1. The third-order valence-corrected chi connectivity index (χ3v) is 3.80. The van der Waals surface area contributed by atoms with E-state index in [-0.39, 0.29) is 26.0 Å². The standard InChI is InChI=1S/C17H21N3O5/c1-3-24-15(22)17(20-10-21,16(23)25-4-2)8-11-9-19-14-6-5-12(18)7-13(11)14/h5-7,9-10,19H,3-4,8,18H2,1-2H3,(H,20,21). The molecule has 1 heterocycles. The minimum absolute atomic E-state index is 0.0569. The summed E-state index contributed by atoms with van der Waals surface area (Å²) in [6, 6.07) is 5.25. The van der Waals surface area contributed by atoms with Crippen molar-refractivity contribution in [3.8, 4) is 0 Å². The minimum atomic E-state index is -1.96. The van der Waals surface area contributed by atoms with Crippen molar-refractivity contribution in [2.75, 3.05) is 18.9 Å². The lowest BCUT2D eigenvalue weighted by Crippen LogP contribution is -2.60. The molecule has 1 amide bonds. The van der Waals surface area contributed by atoms with Crippen LogP contribution in [0.25, 0.3) is 10.9 Å². The number of rotatable bonds is 8. The van der Waals surface area contributed by atoms with Crippen molar-refractivity contribution in [1.82, 2.24) is 10.3 Å². The second-order valence-corrected chi connectivity index (χ2v) is 5.40. The first-order valence-electron chi connectivity index (χ1n) is 7.89. The molecule has 2 aromatic rings. The first-order valence-corrected chi connectivity index (χ1v) is 7.89. The Morgan fingerprint density at radius 2 is 1.88 bits per heavy atom. The van der Waals surface area contributed by atoms with Gasteiger partial charge in [-0.2, -0.15) is 0 Å². The fraction of sp³-hybridized carbons (Fsp3) is 0.353. The van der Waals surface area contributed by atoms with Gasteiger partial charge in [-0.05, 0) is 37.6 Å². The number of aromatic nitrogens is 1. The predicted molar refractivity (Wildman–Crippen MR) is 91.6 cm³/mol. The Morgan fingerprint density at radius 1 is 1.24 bits per heavy atom. The number of amides is 1. The van der Waals surface area contributed by atoms with E-state index in [0.717, 1.165) is 10.9 Å². The summed E-state index contributed by atoms with van der Waals surface area (Å²) in [5.74, 6) is -1.75. The Labute approximate surface area is 144 Å². The number of fused-ring (bicyclic) bond motifs is 1. The van der Waals surface area contributed by atoms with Gasteiger partial charge in [-0.25, -0.2) is 9.59 Å². The molecule has 1 aromatic carbocycles. The van der Waals surface area contributed by atoms with E-state index in [2.05, 4.69) is 10.3 Å². The zero-order valence-corrected chi connectivity index (χ0v) is 14.1. The van der Waals surface area contributed by atoms with Crippen LogP contribution >= 0.6 is 0 Å². The summed E-state index contributed by atoms with van der Waals surface area (Å²) in [6.07, 6.45) is 1.81. The molecule has 2 rings (SSSR count). The monoisotopic (exact) mass is 347 g/mol. The van der Waals surface area contributed by atoms with Crippen molar-refractivity contribution in [3.63, 3.8) is 0 Å². The molecular weight excluding hydrogens is 326 g/mol. The van der Waals surface area contributed by atoms with Crippen molar-refractivity contribution in [2.24, 2.45) is 0 Å². The Kier molecular flexibility index (Phi) is 5.63. The smallest absolute Gasteiger partial charge is 0.344 e. The Hall–Kier alpha value is -3.03. The second-order valence-electron chi connectivity index (χ2n) is 5.40. The Morgan fingerprint density at radius 3 is 2.44 bits per heavy atom. The quantitative estimate of drug-likeness (QED) is 0.282. The molecule has 0 saturated carbocycles. The van der Waals surface area contributed by atoms with Crippen molar-refractivity contribution < 1.29 is 23.9 Å². The number of hydrogen-bond donors (Lipinski definition) is 3. The van der Waals surface area contributed by atoms with Crippen LogP contribution in [0.4, 0.5) is 5.69 Å². The van der Waals surface area contributed by atoms with Gasteiger partial charge in [0.15, 0.2) is 0 Å². The zero-order chi connectivity index (χ0) is 18.4. The largest absolute Gasteiger partial charge is 0.464 e. The van der Waals surface area contributed by atoms with Crippen LogP contribution in [0.1, 0.15) is 19.4 Å². The molecule has 0 saturated heterocycles. The first-order chi connectivity index (χ1) is 12.0. The topological polar surface area (TPSA) is 124 Å². The minimum Gasteiger partial charge on any atom is -0.464 e. The molecule has 0 spiro atoms. The number of benzene rings is 1. The van der Waals surface area contributed by atoms with Gasteiger partial charge in [-0.3, -0.25) is 4.79 Å². The molecule has 25 heavy (non-hydrogen) atoms. The lowest BCUT2D eigenvalue weighted by molar-refractivity contribution is -0.167. The molecule has 0 aliphatic heterocycles. The van der Waals surface area contributed by atoms with Gasteiger partial charge in [-0.1, -0.05) is 0 Å². The molecule has 0 fully saturated rings. The number of nitrogen functional groups attached to an aromatic ring is 1. The molecule has 4 N–H and O–H groups in total. The van der Waals surface area contributed by atoms with Crippen LogP contribution in [0.3, 0.4) is 0 Å². The van der Waals surface area contributed by atoms with Crippen LogP contribution in [0.2, 0.25) is 0 Å². The van der Waals surface area contributed by atoms with Crippen molar-refractivity contribution in [1.29, 1.82) is 0 Å². The highest BCUT2D eigenvalue weighted by Gasteiger charge is 2.49. The number of hydrogen-bond acceptors (Lipinski definition) is 6. The maximum absolute atomic E-state index is 12.5. The van der Waals surface area contributed by atoms with Gasteiger partial charge in [0.05, 0.1) is 13.2 Å². The van der Waals surface area contributed by atoms with Gasteiger partial charge in [0, 0.05) is 29.2 Å². The van der Waals surface area contributed by atoms with E-state index in [0.29, 0.717) is 11.3 Å². The van der Waals surface area contributed by atoms with Crippen LogP contribution < -0.4 is 11.1 Å². The maximum atomic E-state index is 12.5. The Balaban J connectivity index is 2.52. The highest BCUT2D eigenvalue weighted by molar-refractivity contribution is 6.07. The number of nitrogens with two attached hydrogens (primary N) is 1. The molecule has 0 aliphatic carbocycles. The lowest BCUT2D eigenvalue weighted by Gasteiger charge is -2.28. The summed E-state index contributed by atoms with van der Waals surface area (Å²) in [4.78, 5) is 39.2. The van der Waals surface area contributed by atoms with Gasteiger partial charge < -0.3 is 25.5 Å². The molecule has 1 aromatic heterocycles. The highest BCUT2D eigenvalue weighted by atomic mass is 16.6. The number of H-pyrrole nitrogens is 1. The molecule has 8 nitrogen and oxygen atoms in total. The third-order valence-electron chi connectivity index (χ3n) is 3.80. The number of carbonyl (C=O) groups excluding carboxylic acids is 3. The number of nitrogens with one attached hydrogen (secondary N) is 2.